The summed E-state index contributed by atoms with van der Waals surface area (Å²) in [6.07, 6.45) is 1.42. The van der Waals surface area contributed by atoms with Crippen LogP contribution in [0, 0.1) is 16.7 Å². The zero-order valence-corrected chi connectivity index (χ0v) is 26.6. The molecule has 4 aromatic rings. The molecule has 1 amide bonds. The number of nitriles is 1. The smallest absolute Gasteiger partial charge is 0.369 e. The number of halogens is 5. The van der Waals surface area contributed by atoms with Gasteiger partial charge in [-0.2, -0.15) is 18.4 Å². The molecule has 10 nitrogen and oxygen atoms in total. The van der Waals surface area contributed by atoms with E-state index < -0.39 is 23.6 Å². The number of benzene rings is 1. The van der Waals surface area contributed by atoms with E-state index in [0.29, 0.717) is 41.3 Å². The van der Waals surface area contributed by atoms with Gasteiger partial charge in [-0.05, 0) is 59.9 Å². The van der Waals surface area contributed by atoms with Gasteiger partial charge in [0.05, 0.1) is 18.2 Å². The Morgan fingerprint density at radius 3 is 2.49 bits per heavy atom. The van der Waals surface area contributed by atoms with E-state index >= 15 is 0 Å². The van der Waals surface area contributed by atoms with Gasteiger partial charge in [-0.25, -0.2) is 13.8 Å². The molecule has 0 spiro atoms. The fraction of sp³-hybridized carbons (Fsp3) is 0.412. The molecule has 5 heterocycles. The summed E-state index contributed by atoms with van der Waals surface area (Å²) in [6, 6.07) is 9.87. The number of piperidine rings is 1. The molecule has 49 heavy (non-hydrogen) atoms. The van der Waals surface area contributed by atoms with E-state index in [1.54, 1.807) is 53.4 Å². The Hall–Kier alpha value is -4.97. The predicted molar refractivity (Wildman–Crippen MR) is 169 cm³/mol. The number of aryl methyl sites for hydroxylation is 1. The van der Waals surface area contributed by atoms with Crippen LogP contribution in [0.2, 0.25) is 0 Å². The Morgan fingerprint density at radius 1 is 1.04 bits per heavy atom. The number of amides is 1. The van der Waals surface area contributed by atoms with E-state index in [1.807, 2.05) is 0 Å². The molecular formula is C34H32F5N9O. The van der Waals surface area contributed by atoms with Crippen LogP contribution in [0.5, 0.6) is 0 Å². The maximum atomic E-state index is 14.5. The maximum absolute atomic E-state index is 14.5. The SMILES string of the molecule is Cn1cnnc1-c1ccncc1-c1cc(NCC2(CC#N)CC2)nc(N2Cc3c(cc(CN4CCC(F)(F)CC4)cc3C(F)(F)F)C2=O)c1. The second-order valence-electron chi connectivity index (χ2n) is 13.2. The van der Waals surface area contributed by atoms with Crippen molar-refractivity contribution in [1.29, 1.82) is 5.26 Å². The highest BCUT2D eigenvalue weighted by Crippen LogP contribution is 2.49. The van der Waals surface area contributed by atoms with E-state index in [1.165, 1.54) is 11.0 Å². The molecule has 0 atom stereocenters. The molecule has 0 radical (unpaired) electrons. The standard InChI is InChI=1S/C34H32F5N9O/c1-46-20-43-45-30(46)23-2-9-41-16-25(23)22-14-28(42-19-32(3-4-32)5-8-40)44-29(15-22)48-18-26-24(31(48)49)12-21(13-27(26)34(37,38)39)17-47-10-6-33(35,36)7-11-47/h2,9,12-16,20H,3-7,10-11,17-19H2,1H3,(H,42,44). The van der Waals surface area contributed by atoms with Crippen molar-refractivity contribution in [2.75, 3.05) is 29.9 Å². The van der Waals surface area contributed by atoms with Crippen LogP contribution in [0.4, 0.5) is 33.6 Å². The van der Waals surface area contributed by atoms with Crippen molar-refractivity contribution in [2.45, 2.75) is 57.3 Å². The molecule has 1 aliphatic carbocycles. The van der Waals surface area contributed by atoms with Crippen LogP contribution in [0.25, 0.3) is 22.5 Å². The number of carbonyl (C=O) groups excluding carboxylic acids is 1. The van der Waals surface area contributed by atoms with Gasteiger partial charge in [-0.1, -0.05) is 0 Å². The number of aromatic nitrogens is 5. The third kappa shape index (κ3) is 6.57. The first-order chi connectivity index (χ1) is 23.3. The van der Waals surface area contributed by atoms with Gasteiger partial charge in [0.2, 0.25) is 0 Å². The number of hydrogen-bond donors (Lipinski definition) is 1. The molecule has 1 saturated carbocycles. The molecule has 7 rings (SSSR count). The second kappa shape index (κ2) is 12.2. The third-order valence-corrected chi connectivity index (χ3v) is 9.63. The topological polar surface area (TPSA) is 116 Å². The molecule has 15 heteroatoms. The van der Waals surface area contributed by atoms with Crippen molar-refractivity contribution in [3.63, 3.8) is 0 Å². The lowest BCUT2D eigenvalue weighted by molar-refractivity contribution is -0.138. The van der Waals surface area contributed by atoms with Crippen LogP contribution in [0.15, 0.2) is 49.1 Å². The minimum absolute atomic E-state index is 0.0117. The number of likely N-dealkylation sites (tertiary alicyclic amines) is 1. The molecule has 3 aliphatic rings. The molecule has 0 unspecified atom stereocenters. The molecular weight excluding hydrogens is 645 g/mol. The number of nitrogens with zero attached hydrogens (tertiary/aromatic N) is 8. The van der Waals surface area contributed by atoms with Gasteiger partial charge in [0, 0.05) is 87.0 Å². The first-order valence-electron chi connectivity index (χ1n) is 15.9. The van der Waals surface area contributed by atoms with Crippen LogP contribution in [0.1, 0.15) is 59.2 Å². The number of rotatable bonds is 9. The Morgan fingerprint density at radius 2 is 1.82 bits per heavy atom. The van der Waals surface area contributed by atoms with Crippen LogP contribution < -0.4 is 10.2 Å². The van der Waals surface area contributed by atoms with Crippen LogP contribution in [0.3, 0.4) is 0 Å². The van der Waals surface area contributed by atoms with E-state index in [-0.39, 0.29) is 66.9 Å². The van der Waals surface area contributed by atoms with Crippen molar-refractivity contribution in [2.24, 2.45) is 12.5 Å². The molecule has 1 N–H and O–H groups in total. The lowest BCUT2D eigenvalue weighted by Crippen LogP contribution is -2.38. The summed E-state index contributed by atoms with van der Waals surface area (Å²) in [5, 5.41) is 20.8. The highest BCUT2D eigenvalue weighted by atomic mass is 19.4. The molecule has 3 aromatic heterocycles. The quantitative estimate of drug-likeness (QED) is 0.201. The highest BCUT2D eigenvalue weighted by Gasteiger charge is 2.43. The van der Waals surface area contributed by atoms with E-state index in [0.717, 1.165) is 18.9 Å². The van der Waals surface area contributed by atoms with Gasteiger partial charge in [-0.3, -0.25) is 19.6 Å². The minimum Gasteiger partial charge on any atom is -0.369 e. The van der Waals surface area contributed by atoms with E-state index in [2.05, 4.69) is 26.6 Å². The van der Waals surface area contributed by atoms with Crippen LogP contribution >= 0.6 is 0 Å². The summed E-state index contributed by atoms with van der Waals surface area (Å²) in [5.41, 5.74) is 0.761. The van der Waals surface area contributed by atoms with Crippen molar-refractivity contribution >= 4 is 17.5 Å². The average molecular weight is 678 g/mol. The average Bonchev–Trinajstić information content (AvgIpc) is 3.57. The Balaban J connectivity index is 1.27. The monoisotopic (exact) mass is 677 g/mol. The Bertz CT molecular complexity index is 1950. The Kier molecular flexibility index (Phi) is 8.09. The van der Waals surface area contributed by atoms with Gasteiger partial charge in [0.15, 0.2) is 5.82 Å². The number of alkyl halides is 5. The van der Waals surface area contributed by atoms with Gasteiger partial charge in [0.25, 0.3) is 11.8 Å². The highest BCUT2D eigenvalue weighted by molar-refractivity contribution is 6.10. The summed E-state index contributed by atoms with van der Waals surface area (Å²) >= 11 is 0. The predicted octanol–water partition coefficient (Wildman–Crippen LogP) is 6.46. The van der Waals surface area contributed by atoms with Crippen molar-refractivity contribution in [3.05, 3.63) is 71.3 Å². The summed E-state index contributed by atoms with van der Waals surface area (Å²) in [5.74, 6) is -2.37. The van der Waals surface area contributed by atoms with Gasteiger partial charge in [-0.15, -0.1) is 10.2 Å². The molecule has 2 fully saturated rings. The van der Waals surface area contributed by atoms with Crippen molar-refractivity contribution < 1.29 is 26.7 Å². The molecule has 1 saturated heterocycles. The zero-order valence-electron chi connectivity index (χ0n) is 26.6. The van der Waals surface area contributed by atoms with Gasteiger partial charge < -0.3 is 9.88 Å². The summed E-state index contributed by atoms with van der Waals surface area (Å²) in [7, 11) is 1.79. The normalized spacial score (nSPS) is 18.3. The molecule has 0 bridgehead atoms. The fourth-order valence-corrected chi connectivity index (χ4v) is 6.58. The third-order valence-electron chi connectivity index (χ3n) is 9.63. The van der Waals surface area contributed by atoms with Crippen molar-refractivity contribution in [3.8, 4) is 28.6 Å². The first-order valence-corrected chi connectivity index (χ1v) is 15.9. The number of carbonyl (C=O) groups is 1. The lowest BCUT2D eigenvalue weighted by Gasteiger charge is -2.31. The zero-order chi connectivity index (χ0) is 34.6. The minimum atomic E-state index is -4.76. The Labute approximate surface area is 278 Å². The van der Waals surface area contributed by atoms with E-state index in [9.17, 15) is 32.0 Å². The lowest BCUT2D eigenvalue weighted by atomic mass is 9.98. The largest absolute Gasteiger partial charge is 0.416 e. The van der Waals surface area contributed by atoms with Gasteiger partial charge in [0.1, 0.15) is 18.0 Å². The van der Waals surface area contributed by atoms with Gasteiger partial charge >= 0.3 is 6.18 Å². The summed E-state index contributed by atoms with van der Waals surface area (Å²) < 4.78 is 72.7. The van der Waals surface area contributed by atoms with Crippen molar-refractivity contribution in [1.82, 2.24) is 29.6 Å². The molecule has 254 valence electrons. The maximum Gasteiger partial charge on any atom is 0.416 e. The number of pyridine rings is 2. The number of hydrogen-bond acceptors (Lipinski definition) is 8. The fourth-order valence-electron chi connectivity index (χ4n) is 6.58. The number of anilines is 2. The van der Waals surface area contributed by atoms with E-state index in [4.69, 9.17) is 4.98 Å². The molecule has 2 aliphatic heterocycles. The summed E-state index contributed by atoms with van der Waals surface area (Å²) in [6.45, 7) is 0.183. The van der Waals surface area contributed by atoms with Crippen LogP contribution in [-0.2, 0) is 26.3 Å². The van der Waals surface area contributed by atoms with Crippen LogP contribution in [-0.4, -0.2) is 61.1 Å². The first kappa shape index (κ1) is 32.6. The number of nitrogens with one attached hydrogen (secondary N) is 1. The molecule has 1 aromatic carbocycles. The number of fused-ring (bicyclic) bond motifs is 1. The second-order valence-corrected chi connectivity index (χ2v) is 13.2. The summed E-state index contributed by atoms with van der Waals surface area (Å²) in [4.78, 5) is 25.9.